The number of furan rings is 1. The second-order valence-electron chi connectivity index (χ2n) is 3.90. The van der Waals surface area contributed by atoms with Gasteiger partial charge in [0, 0.05) is 29.5 Å². The molecule has 2 rings (SSSR count). The van der Waals surface area contributed by atoms with Gasteiger partial charge in [-0.3, -0.25) is 4.79 Å². The van der Waals surface area contributed by atoms with E-state index in [1.165, 1.54) is 4.90 Å². The summed E-state index contributed by atoms with van der Waals surface area (Å²) in [6, 6.07) is 5.72. The molecule has 0 unspecified atom stereocenters. The highest BCUT2D eigenvalue weighted by molar-refractivity contribution is 9.10. The second kappa shape index (κ2) is 3.94. The lowest BCUT2D eigenvalue weighted by Gasteiger charge is -2.07. The Morgan fingerprint density at radius 1 is 1.38 bits per heavy atom. The Kier molecular flexibility index (Phi) is 2.76. The number of rotatable bonds is 1. The van der Waals surface area contributed by atoms with Gasteiger partial charge in [0.2, 0.25) is 0 Å². The molecule has 1 aromatic heterocycles. The second-order valence-corrected chi connectivity index (χ2v) is 4.81. The fourth-order valence-corrected chi connectivity index (χ4v) is 1.96. The summed E-state index contributed by atoms with van der Waals surface area (Å²) in [4.78, 5) is 13.4. The molecule has 0 saturated heterocycles. The van der Waals surface area contributed by atoms with Crippen LogP contribution in [0.4, 0.5) is 0 Å². The highest BCUT2D eigenvalue weighted by atomic mass is 79.9. The Labute approximate surface area is 102 Å². The third-order valence-electron chi connectivity index (χ3n) is 2.50. The van der Waals surface area contributed by atoms with Gasteiger partial charge in [0.05, 0.1) is 0 Å². The van der Waals surface area contributed by atoms with Gasteiger partial charge in [-0.2, -0.15) is 0 Å². The van der Waals surface area contributed by atoms with Gasteiger partial charge in [0.25, 0.3) is 5.91 Å². The first-order chi connectivity index (χ1) is 7.50. The predicted octanol–water partition coefficient (Wildman–Crippen LogP) is 3.21. The monoisotopic (exact) mass is 281 g/mol. The molecule has 0 saturated carbocycles. The van der Waals surface area contributed by atoms with Crippen molar-refractivity contribution < 1.29 is 9.21 Å². The SMILES string of the molecule is Cc1c(C(=O)N(C)C)oc2ccc(Br)cc12. The Bertz CT molecular complexity index is 557. The van der Waals surface area contributed by atoms with Crippen LogP contribution < -0.4 is 0 Å². The first-order valence-corrected chi connectivity index (χ1v) is 5.70. The highest BCUT2D eigenvalue weighted by Gasteiger charge is 2.18. The lowest BCUT2D eigenvalue weighted by Crippen LogP contribution is -2.21. The summed E-state index contributed by atoms with van der Waals surface area (Å²) in [6.07, 6.45) is 0. The van der Waals surface area contributed by atoms with Crippen LogP contribution >= 0.6 is 15.9 Å². The number of amides is 1. The van der Waals surface area contributed by atoms with Gasteiger partial charge in [0.15, 0.2) is 5.76 Å². The number of hydrogen-bond donors (Lipinski definition) is 0. The normalized spacial score (nSPS) is 10.8. The zero-order valence-electron chi connectivity index (χ0n) is 9.37. The van der Waals surface area contributed by atoms with Crippen molar-refractivity contribution in [2.45, 2.75) is 6.92 Å². The molecule has 0 aliphatic carbocycles. The van der Waals surface area contributed by atoms with E-state index in [0.717, 1.165) is 21.0 Å². The molecule has 0 bridgehead atoms. The van der Waals surface area contributed by atoms with Crippen molar-refractivity contribution >= 4 is 32.8 Å². The first-order valence-electron chi connectivity index (χ1n) is 4.91. The van der Waals surface area contributed by atoms with Crippen LogP contribution in [0.25, 0.3) is 11.0 Å². The maximum absolute atomic E-state index is 11.8. The zero-order chi connectivity index (χ0) is 11.9. The lowest BCUT2D eigenvalue weighted by atomic mass is 10.1. The van der Waals surface area contributed by atoms with E-state index in [1.54, 1.807) is 14.1 Å². The Balaban J connectivity index is 2.65. The van der Waals surface area contributed by atoms with E-state index in [0.29, 0.717) is 5.76 Å². The summed E-state index contributed by atoms with van der Waals surface area (Å²) in [5.74, 6) is 0.308. The predicted molar refractivity (Wildman–Crippen MR) is 66.7 cm³/mol. The molecule has 0 spiro atoms. The number of carbonyl (C=O) groups is 1. The van der Waals surface area contributed by atoms with Crippen LogP contribution in [-0.4, -0.2) is 24.9 Å². The molecule has 1 amide bonds. The number of halogens is 1. The van der Waals surface area contributed by atoms with Crippen molar-refractivity contribution in [3.63, 3.8) is 0 Å². The Morgan fingerprint density at radius 2 is 2.06 bits per heavy atom. The molecule has 0 aliphatic rings. The number of benzene rings is 1. The molecule has 1 heterocycles. The molecule has 0 fully saturated rings. The molecule has 84 valence electrons. The quantitative estimate of drug-likeness (QED) is 0.804. The van der Waals surface area contributed by atoms with E-state index in [-0.39, 0.29) is 5.91 Å². The van der Waals surface area contributed by atoms with Gasteiger partial charge in [-0.05, 0) is 25.1 Å². The lowest BCUT2D eigenvalue weighted by molar-refractivity contribution is 0.0798. The largest absolute Gasteiger partial charge is 0.451 e. The number of carbonyl (C=O) groups excluding carboxylic acids is 1. The summed E-state index contributed by atoms with van der Waals surface area (Å²) in [5, 5.41) is 0.972. The van der Waals surface area contributed by atoms with E-state index < -0.39 is 0 Å². The molecule has 0 N–H and O–H groups in total. The Morgan fingerprint density at radius 3 is 2.69 bits per heavy atom. The average molecular weight is 282 g/mol. The third-order valence-corrected chi connectivity index (χ3v) is 2.99. The molecular weight excluding hydrogens is 270 g/mol. The number of fused-ring (bicyclic) bond motifs is 1. The smallest absolute Gasteiger partial charge is 0.289 e. The van der Waals surface area contributed by atoms with E-state index in [9.17, 15) is 4.79 Å². The molecule has 0 atom stereocenters. The summed E-state index contributed by atoms with van der Waals surface area (Å²) in [6.45, 7) is 1.90. The molecule has 4 heteroatoms. The summed E-state index contributed by atoms with van der Waals surface area (Å²) in [5.41, 5.74) is 1.63. The molecule has 3 nitrogen and oxygen atoms in total. The standard InChI is InChI=1S/C12H12BrNO2/c1-7-9-6-8(13)4-5-10(9)16-11(7)12(15)14(2)3/h4-6H,1-3H3. The summed E-state index contributed by atoms with van der Waals surface area (Å²) in [7, 11) is 3.43. The number of aryl methyl sites for hydroxylation is 1. The van der Waals surface area contributed by atoms with Gasteiger partial charge < -0.3 is 9.32 Å². The van der Waals surface area contributed by atoms with Crippen LogP contribution in [0.2, 0.25) is 0 Å². The van der Waals surface area contributed by atoms with Crippen LogP contribution in [0, 0.1) is 6.92 Å². The fraction of sp³-hybridized carbons (Fsp3) is 0.250. The van der Waals surface area contributed by atoms with Gasteiger partial charge in [-0.25, -0.2) is 0 Å². The van der Waals surface area contributed by atoms with Crippen LogP contribution in [0.15, 0.2) is 27.1 Å². The number of nitrogens with zero attached hydrogens (tertiary/aromatic N) is 1. The number of hydrogen-bond acceptors (Lipinski definition) is 2. The molecular formula is C12H12BrNO2. The maximum atomic E-state index is 11.8. The van der Waals surface area contributed by atoms with Gasteiger partial charge in [-0.15, -0.1) is 0 Å². The van der Waals surface area contributed by atoms with Crippen molar-refractivity contribution in [2.24, 2.45) is 0 Å². The van der Waals surface area contributed by atoms with Gasteiger partial charge in [-0.1, -0.05) is 15.9 Å². The van der Waals surface area contributed by atoms with Crippen molar-refractivity contribution in [3.05, 3.63) is 34.0 Å². The molecule has 0 aliphatic heterocycles. The minimum Gasteiger partial charge on any atom is -0.451 e. The molecule has 2 aromatic rings. The fourth-order valence-electron chi connectivity index (χ4n) is 1.60. The van der Waals surface area contributed by atoms with E-state index in [4.69, 9.17) is 4.42 Å². The van der Waals surface area contributed by atoms with E-state index in [2.05, 4.69) is 15.9 Å². The van der Waals surface area contributed by atoms with Crippen molar-refractivity contribution in [3.8, 4) is 0 Å². The topological polar surface area (TPSA) is 33.5 Å². The molecule has 16 heavy (non-hydrogen) atoms. The molecule has 1 aromatic carbocycles. The van der Waals surface area contributed by atoms with Crippen molar-refractivity contribution in [2.75, 3.05) is 14.1 Å². The van der Waals surface area contributed by atoms with Crippen molar-refractivity contribution in [1.82, 2.24) is 4.90 Å². The average Bonchev–Trinajstić information content (AvgIpc) is 2.55. The first kappa shape index (κ1) is 11.2. The minimum atomic E-state index is -0.107. The summed E-state index contributed by atoms with van der Waals surface area (Å²) >= 11 is 3.40. The summed E-state index contributed by atoms with van der Waals surface area (Å²) < 4.78 is 6.54. The highest BCUT2D eigenvalue weighted by Crippen LogP contribution is 2.28. The van der Waals surface area contributed by atoms with Gasteiger partial charge in [0.1, 0.15) is 5.58 Å². The van der Waals surface area contributed by atoms with E-state index >= 15 is 0 Å². The van der Waals surface area contributed by atoms with Crippen LogP contribution in [0.3, 0.4) is 0 Å². The zero-order valence-corrected chi connectivity index (χ0v) is 11.0. The Hall–Kier alpha value is -1.29. The van der Waals surface area contributed by atoms with Crippen LogP contribution in [-0.2, 0) is 0 Å². The third kappa shape index (κ3) is 1.73. The minimum absolute atomic E-state index is 0.107. The van der Waals surface area contributed by atoms with Crippen LogP contribution in [0.1, 0.15) is 16.1 Å². The maximum Gasteiger partial charge on any atom is 0.289 e. The van der Waals surface area contributed by atoms with Crippen molar-refractivity contribution in [1.29, 1.82) is 0 Å². The van der Waals surface area contributed by atoms with E-state index in [1.807, 2.05) is 25.1 Å². The van der Waals surface area contributed by atoms with Gasteiger partial charge >= 0.3 is 0 Å². The molecule has 0 radical (unpaired) electrons. The van der Waals surface area contributed by atoms with Crippen LogP contribution in [0.5, 0.6) is 0 Å².